The molecule has 2 heteroatoms. The van der Waals surface area contributed by atoms with E-state index in [1.807, 2.05) is 0 Å². The maximum Gasteiger partial charge on any atom is 0.306 e. The van der Waals surface area contributed by atoms with E-state index in [1.165, 1.54) is 0 Å². The Labute approximate surface area is 61.2 Å². The second-order valence-electron chi connectivity index (χ2n) is 1.18. The third-order valence-corrected chi connectivity index (χ3v) is 0.651. The summed E-state index contributed by atoms with van der Waals surface area (Å²) in [4.78, 5) is 10.9. The lowest BCUT2D eigenvalue weighted by molar-refractivity contribution is -0.141. The Bertz CT molecular complexity index is 348. The number of carboxylic acid groups (broad SMARTS) is 1. The largest absolute Gasteiger partial charge is 0.481 e. The van der Waals surface area contributed by atoms with Crippen LogP contribution in [0.3, 0.4) is 0 Å². The smallest absolute Gasteiger partial charge is 0.306 e. The molecule has 0 aliphatic heterocycles. The van der Waals surface area contributed by atoms with Crippen molar-refractivity contribution in [3.63, 3.8) is 0 Å². The summed E-state index contributed by atoms with van der Waals surface area (Å²) < 4.78 is 65.9. The second kappa shape index (κ2) is 2.16. The summed E-state index contributed by atoms with van der Waals surface area (Å²) in [6, 6.07) is 0. The molecule has 8 heavy (non-hydrogen) atoms. The SMILES string of the molecule is [2H]C1([2H])C([2H])([2H])C([2H])([2H])C([2H])(C(=O)O)C1([2H])[2H]. The summed E-state index contributed by atoms with van der Waals surface area (Å²) in [5, 5.41) is 8.81. The standard InChI is InChI=1S/C6H10O2/c7-6(8)5-3-1-2-4-5/h5H,1-4H2,(H,7,8)/i1D2,2D2,3D2,4D2,5D. The third-order valence-electron chi connectivity index (χ3n) is 0.651. The Morgan fingerprint density at radius 2 is 2.25 bits per heavy atom. The monoisotopic (exact) mass is 123 g/mol. The van der Waals surface area contributed by atoms with Gasteiger partial charge in [0.25, 0.3) is 0 Å². The average molecular weight is 123 g/mol. The quantitative estimate of drug-likeness (QED) is 0.570. The number of hydrogen-bond donors (Lipinski definition) is 1. The number of carbonyl (C=O) groups is 1. The first-order chi connectivity index (χ1) is 7.19. The number of rotatable bonds is 1. The predicted octanol–water partition coefficient (Wildman–Crippen LogP) is 1.26. The summed E-state index contributed by atoms with van der Waals surface area (Å²) in [6.07, 6.45) is -13.9. The van der Waals surface area contributed by atoms with Gasteiger partial charge in [0.2, 0.25) is 0 Å². The van der Waals surface area contributed by atoms with Crippen molar-refractivity contribution < 1.29 is 22.2 Å². The highest BCUT2D eigenvalue weighted by Crippen LogP contribution is 2.24. The molecule has 1 N–H and O–H groups in total. The van der Waals surface area contributed by atoms with E-state index in [-0.39, 0.29) is 0 Å². The minimum Gasteiger partial charge on any atom is -0.481 e. The van der Waals surface area contributed by atoms with E-state index in [4.69, 9.17) is 17.4 Å². The molecule has 1 saturated carbocycles. The molecule has 2 nitrogen and oxygen atoms in total. The predicted molar refractivity (Wildman–Crippen MR) is 29.6 cm³/mol. The van der Waals surface area contributed by atoms with E-state index in [0.29, 0.717) is 0 Å². The van der Waals surface area contributed by atoms with E-state index in [9.17, 15) is 4.79 Å². The lowest BCUT2D eigenvalue weighted by Gasteiger charge is -1.97. The van der Waals surface area contributed by atoms with Crippen LogP contribution < -0.4 is 0 Å². The van der Waals surface area contributed by atoms with Crippen LogP contribution in [0.4, 0.5) is 0 Å². The Hall–Kier alpha value is -0.530. The molecule has 0 aromatic heterocycles. The van der Waals surface area contributed by atoms with E-state index in [0.717, 1.165) is 0 Å². The Morgan fingerprint density at radius 1 is 1.75 bits per heavy atom. The van der Waals surface area contributed by atoms with Gasteiger partial charge in [0, 0.05) is 12.3 Å². The Kier molecular flexibility index (Phi) is 0.311. The van der Waals surface area contributed by atoms with Crippen LogP contribution in [0.5, 0.6) is 0 Å². The Balaban J connectivity index is 3.71. The minimum atomic E-state index is -3.56. The fraction of sp³-hybridized carbons (Fsp3) is 0.833. The molecule has 0 aromatic carbocycles. The molecule has 1 rings (SSSR count). The molecule has 1 fully saturated rings. The normalized spacial score (nSPS) is 67.2. The van der Waals surface area contributed by atoms with Gasteiger partial charge in [0.1, 0.15) is 0 Å². The Morgan fingerprint density at radius 3 is 2.50 bits per heavy atom. The fourth-order valence-electron chi connectivity index (χ4n) is 0.326. The van der Waals surface area contributed by atoms with Crippen LogP contribution in [0.15, 0.2) is 0 Å². The molecule has 0 unspecified atom stereocenters. The van der Waals surface area contributed by atoms with E-state index in [1.54, 1.807) is 0 Å². The van der Waals surface area contributed by atoms with Gasteiger partial charge in [0.15, 0.2) is 0 Å². The van der Waals surface area contributed by atoms with Crippen LogP contribution in [0.2, 0.25) is 0 Å². The molecule has 0 bridgehead atoms. The first-order valence-corrected chi connectivity index (χ1v) is 1.93. The molecule has 1 aliphatic rings. The van der Waals surface area contributed by atoms with E-state index < -0.39 is 37.4 Å². The molecule has 0 spiro atoms. The van der Waals surface area contributed by atoms with Crippen molar-refractivity contribution in [2.24, 2.45) is 5.89 Å². The van der Waals surface area contributed by atoms with Crippen LogP contribution >= 0.6 is 0 Å². The highest BCUT2D eigenvalue weighted by molar-refractivity contribution is 5.70. The van der Waals surface area contributed by atoms with Gasteiger partial charge in [-0.2, -0.15) is 0 Å². The molecule has 0 radical (unpaired) electrons. The minimum absolute atomic E-state index is 2.24. The second-order valence-corrected chi connectivity index (χ2v) is 1.18. The van der Waals surface area contributed by atoms with Crippen molar-refractivity contribution in [2.45, 2.75) is 25.5 Å². The van der Waals surface area contributed by atoms with Gasteiger partial charge in [-0.05, 0) is 12.7 Å². The zero-order chi connectivity index (χ0) is 14.1. The first-order valence-electron chi connectivity index (χ1n) is 6.43. The van der Waals surface area contributed by atoms with Crippen molar-refractivity contribution in [3.05, 3.63) is 0 Å². The number of hydrogen-bond acceptors (Lipinski definition) is 1. The van der Waals surface area contributed by atoms with Crippen molar-refractivity contribution in [1.29, 1.82) is 0 Å². The summed E-state index contributed by atoms with van der Waals surface area (Å²) in [5.74, 6) is -5.80. The summed E-state index contributed by atoms with van der Waals surface area (Å²) in [7, 11) is 0. The lowest BCUT2D eigenvalue weighted by atomic mass is 10.1. The van der Waals surface area contributed by atoms with Gasteiger partial charge in [-0.25, -0.2) is 0 Å². The number of carboxylic acids is 1. The van der Waals surface area contributed by atoms with Crippen molar-refractivity contribution in [2.75, 3.05) is 0 Å². The van der Waals surface area contributed by atoms with Crippen LogP contribution in [-0.2, 0) is 4.79 Å². The molecule has 0 saturated heterocycles. The maximum atomic E-state index is 10.9. The van der Waals surface area contributed by atoms with Gasteiger partial charge in [0.05, 0.1) is 5.89 Å². The molecule has 0 heterocycles. The van der Waals surface area contributed by atoms with Crippen molar-refractivity contribution in [1.82, 2.24) is 0 Å². The van der Waals surface area contributed by atoms with Crippen LogP contribution in [-0.4, -0.2) is 11.1 Å². The molecule has 0 amide bonds. The molecular formula is C6H10O2. The molecule has 46 valence electrons. The van der Waals surface area contributed by atoms with Crippen molar-refractivity contribution in [3.8, 4) is 0 Å². The highest BCUT2D eigenvalue weighted by atomic mass is 16.4. The summed E-state index contributed by atoms with van der Waals surface area (Å²) >= 11 is 0. The van der Waals surface area contributed by atoms with Gasteiger partial charge in [-0.15, -0.1) is 0 Å². The van der Waals surface area contributed by atoms with E-state index >= 15 is 0 Å². The molecule has 0 atom stereocenters. The highest BCUT2D eigenvalue weighted by Gasteiger charge is 2.20. The van der Waals surface area contributed by atoms with Crippen molar-refractivity contribution >= 4 is 5.97 Å². The summed E-state index contributed by atoms with van der Waals surface area (Å²) in [5.41, 5.74) is 0. The van der Waals surface area contributed by atoms with Crippen LogP contribution in [0.25, 0.3) is 0 Å². The van der Waals surface area contributed by atoms with Crippen LogP contribution in [0.1, 0.15) is 37.8 Å². The zero-order valence-corrected chi connectivity index (χ0v) is 3.86. The fourth-order valence-corrected chi connectivity index (χ4v) is 0.326. The first kappa shape index (κ1) is 1.15. The summed E-state index contributed by atoms with van der Waals surface area (Å²) in [6.45, 7) is 0. The number of aliphatic carboxylic acids is 1. The van der Waals surface area contributed by atoms with Gasteiger partial charge in [-0.3, -0.25) is 4.79 Å². The average Bonchev–Trinajstić information content (AvgIpc) is 2.17. The molecule has 1 aliphatic carbocycles. The maximum absolute atomic E-state index is 10.9. The topological polar surface area (TPSA) is 37.3 Å². The molecule has 0 aromatic rings. The van der Waals surface area contributed by atoms with Gasteiger partial charge in [-0.1, -0.05) is 12.7 Å². The molecular weight excluding hydrogens is 104 g/mol. The van der Waals surface area contributed by atoms with Gasteiger partial charge < -0.3 is 5.11 Å². The third kappa shape index (κ3) is 0.997. The lowest BCUT2D eigenvalue weighted by Crippen LogP contribution is -2.07. The zero-order valence-electron chi connectivity index (χ0n) is 12.9. The van der Waals surface area contributed by atoms with Crippen LogP contribution in [0, 0.1) is 5.89 Å². The van der Waals surface area contributed by atoms with Gasteiger partial charge >= 0.3 is 5.97 Å². The van der Waals surface area contributed by atoms with E-state index in [2.05, 4.69) is 0 Å².